The number of carbonyl (C=O) groups excluding carboxylic acids is 5. The van der Waals surface area contributed by atoms with Gasteiger partial charge in [0.2, 0.25) is 29.5 Å². The van der Waals surface area contributed by atoms with E-state index in [0.717, 1.165) is 0 Å². The molecule has 0 unspecified atom stereocenters. The zero-order valence-corrected chi connectivity index (χ0v) is 33.8. The minimum Gasteiger partial charge on any atom is -0.480 e. The van der Waals surface area contributed by atoms with Gasteiger partial charge in [0, 0.05) is 37.5 Å². The number of rotatable bonds is 24. The summed E-state index contributed by atoms with van der Waals surface area (Å²) in [6.07, 6.45) is 0.291. The number of benzene rings is 2. The van der Waals surface area contributed by atoms with Crippen molar-refractivity contribution in [3.05, 3.63) is 52.6 Å². The van der Waals surface area contributed by atoms with Crippen molar-refractivity contribution in [3.8, 4) is 0 Å². The second-order valence-corrected chi connectivity index (χ2v) is 14.6. The number of aliphatic carboxylic acids is 1. The highest BCUT2D eigenvalue weighted by Crippen LogP contribution is 2.36. The fourth-order valence-electron chi connectivity index (χ4n) is 7.08. The number of carbonyl (C=O) groups is 6. The average Bonchev–Trinajstić information content (AvgIpc) is 3.71. The van der Waals surface area contributed by atoms with Gasteiger partial charge in [0.15, 0.2) is 12.0 Å². The number of hydrogen-bond acceptors (Lipinski definition) is 13. The first-order chi connectivity index (χ1) is 29.1. The van der Waals surface area contributed by atoms with E-state index in [1.165, 1.54) is 17.9 Å². The number of nitrogens with two attached hydrogens (primary N) is 3. The summed E-state index contributed by atoms with van der Waals surface area (Å²) in [6, 6.07) is 6.59. The van der Waals surface area contributed by atoms with Gasteiger partial charge in [0.25, 0.3) is 5.69 Å². The van der Waals surface area contributed by atoms with Crippen molar-refractivity contribution in [3.63, 3.8) is 0 Å². The number of para-hydroxylation sites is 1. The molecule has 4 rings (SSSR count). The van der Waals surface area contributed by atoms with Gasteiger partial charge in [-0.2, -0.15) is 0 Å². The van der Waals surface area contributed by atoms with Crippen LogP contribution in [-0.2, 0) is 28.8 Å². The van der Waals surface area contributed by atoms with E-state index < -0.39 is 70.7 Å². The molecular weight excluding hydrogens is 797 g/mol. The van der Waals surface area contributed by atoms with Crippen LogP contribution in [0.5, 0.6) is 0 Å². The fourth-order valence-corrected chi connectivity index (χ4v) is 7.08. The third kappa shape index (κ3) is 13.4. The summed E-state index contributed by atoms with van der Waals surface area (Å²) in [4.78, 5) is 99.0. The van der Waals surface area contributed by atoms with E-state index in [2.05, 4.69) is 36.6 Å². The van der Waals surface area contributed by atoms with Gasteiger partial charge in [0.1, 0.15) is 23.5 Å². The molecule has 2 heterocycles. The number of fused-ring (bicyclic) bond motifs is 2. The molecule has 22 heteroatoms. The van der Waals surface area contributed by atoms with Gasteiger partial charge < -0.3 is 58.9 Å². The highest BCUT2D eigenvalue weighted by molar-refractivity contribution is 6.11. The van der Waals surface area contributed by atoms with E-state index in [9.17, 15) is 49.1 Å². The zero-order valence-electron chi connectivity index (χ0n) is 33.8. The Labute approximate surface area is 350 Å². The molecule has 22 nitrogen and oxygen atoms in total. The number of aliphatic hydroxyl groups excluding tert-OH is 1. The number of aliphatic hydroxyl groups is 1. The predicted molar refractivity (Wildman–Crippen MR) is 225 cm³/mol. The lowest BCUT2D eigenvalue weighted by Gasteiger charge is -2.30. The maximum Gasteiger partial charge on any atom is 0.328 e. The Morgan fingerprint density at radius 2 is 1.67 bits per heavy atom. The number of nitro groups is 1. The second-order valence-electron chi connectivity index (χ2n) is 14.6. The normalized spacial score (nSPS) is 15.6. The molecule has 0 bridgehead atoms. The Balaban J connectivity index is 1.49. The lowest BCUT2D eigenvalue weighted by Crippen LogP contribution is -2.58. The van der Waals surface area contributed by atoms with Gasteiger partial charge in [0.05, 0.1) is 34.3 Å². The van der Waals surface area contributed by atoms with Crippen LogP contribution in [-0.4, -0.2) is 129 Å². The number of nitrogens with one attached hydrogen (secondary N) is 5. The molecule has 5 amide bonds. The average molecular weight is 851 g/mol. The molecule has 0 spiro atoms. The molecule has 1 aromatic heterocycles. The second kappa shape index (κ2) is 22.6. The van der Waals surface area contributed by atoms with Gasteiger partial charge in [-0.3, -0.25) is 39.1 Å². The highest BCUT2D eigenvalue weighted by atomic mass is 16.6. The van der Waals surface area contributed by atoms with Crippen LogP contribution in [0.4, 0.5) is 11.4 Å². The zero-order chi connectivity index (χ0) is 44.6. The molecule has 1 fully saturated rings. The summed E-state index contributed by atoms with van der Waals surface area (Å²) < 4.78 is 0. The summed E-state index contributed by atoms with van der Waals surface area (Å²) in [7, 11) is 0. The van der Waals surface area contributed by atoms with E-state index in [1.54, 1.807) is 36.4 Å². The highest BCUT2D eigenvalue weighted by Gasteiger charge is 2.39. The number of nitro benzene ring substituents is 1. The van der Waals surface area contributed by atoms with Crippen molar-refractivity contribution in [2.24, 2.45) is 22.2 Å². The van der Waals surface area contributed by atoms with Crippen molar-refractivity contribution >= 4 is 74.6 Å². The number of anilines is 1. The molecule has 1 saturated heterocycles. The van der Waals surface area contributed by atoms with Gasteiger partial charge in [-0.1, -0.05) is 24.3 Å². The SMILES string of the molecule is C[C@@H](O)[C@H](NC(=O)[C@H](CCCCNCC(N)=O)NC(=O)[C@@H]1CCCN1C(=O)[C@H](CCCN=C(N)N)NC(=O)CCNc1c2ccccc2nc2cccc([N+](=O)[O-])c12)C(=O)O. The van der Waals surface area contributed by atoms with Crippen LogP contribution in [0.2, 0.25) is 0 Å². The molecule has 1 aliphatic heterocycles. The number of pyridine rings is 1. The quantitative estimate of drug-likeness (QED) is 0.0133. The Morgan fingerprint density at radius 1 is 0.951 bits per heavy atom. The largest absolute Gasteiger partial charge is 0.480 e. The molecule has 61 heavy (non-hydrogen) atoms. The molecule has 0 aliphatic carbocycles. The number of likely N-dealkylation sites (tertiary alicyclic amines) is 1. The van der Waals surface area contributed by atoms with E-state index in [-0.39, 0.29) is 75.3 Å². The molecular formula is C39H54N12O10. The van der Waals surface area contributed by atoms with E-state index >= 15 is 0 Å². The standard InChI is InChI=1S/C39H54N12O10/c1-22(52)33(38(58)59)49-35(55)26(11-4-5-17-43-21-30(40)53)48-36(56)29-15-8-20-50(29)37(57)27(13-7-18-45-39(41)42)47-31(54)16-19-44-34-23-9-2-3-10-24(23)46-25-12-6-14-28(32(25)34)51(60)61/h2-3,6,9-10,12,14,22,26-27,29,33,43,52H,4-5,7-8,11,13,15-21H2,1H3,(H2,40,53)(H,44,46)(H,47,54)(H,48,56)(H,49,55)(H,58,59)(H4,41,42,45)/t22-,26+,27+,29+,33+/m1/s1. The Morgan fingerprint density at radius 3 is 2.36 bits per heavy atom. The van der Waals surface area contributed by atoms with Crippen molar-refractivity contribution in [2.45, 2.75) is 88.6 Å². The Hall–Kier alpha value is -6.68. The van der Waals surface area contributed by atoms with Gasteiger partial charge in [-0.15, -0.1) is 0 Å². The van der Waals surface area contributed by atoms with Gasteiger partial charge in [-0.25, -0.2) is 9.78 Å². The van der Waals surface area contributed by atoms with Gasteiger partial charge >= 0.3 is 5.97 Å². The van der Waals surface area contributed by atoms with Crippen LogP contribution in [0.25, 0.3) is 21.8 Å². The lowest BCUT2D eigenvalue weighted by molar-refractivity contribution is -0.383. The summed E-state index contributed by atoms with van der Waals surface area (Å²) in [6.45, 7) is 1.83. The van der Waals surface area contributed by atoms with E-state index in [0.29, 0.717) is 47.9 Å². The molecule has 1 aliphatic rings. The number of primary amides is 1. The van der Waals surface area contributed by atoms with Crippen LogP contribution < -0.4 is 43.8 Å². The predicted octanol–water partition coefficient (Wildman–Crippen LogP) is -0.692. The number of amides is 5. The first-order valence-corrected chi connectivity index (χ1v) is 19.9. The lowest BCUT2D eigenvalue weighted by atomic mass is 10.1. The van der Waals surface area contributed by atoms with Crippen LogP contribution in [0.15, 0.2) is 47.5 Å². The van der Waals surface area contributed by atoms with Crippen LogP contribution >= 0.6 is 0 Å². The van der Waals surface area contributed by atoms with Gasteiger partial charge in [-0.05, 0) is 70.5 Å². The summed E-state index contributed by atoms with van der Waals surface area (Å²) in [5, 5.41) is 46.1. The summed E-state index contributed by atoms with van der Waals surface area (Å²) in [5.41, 5.74) is 17.3. The molecule has 330 valence electrons. The van der Waals surface area contributed by atoms with Crippen LogP contribution in [0, 0.1) is 10.1 Å². The number of carboxylic acids is 1. The summed E-state index contributed by atoms with van der Waals surface area (Å²) >= 11 is 0. The molecule has 0 radical (unpaired) electrons. The maximum atomic E-state index is 14.2. The minimum atomic E-state index is -1.66. The van der Waals surface area contributed by atoms with E-state index in [1.807, 2.05) is 0 Å². The summed E-state index contributed by atoms with van der Waals surface area (Å²) in [5.74, 6) is -4.82. The third-order valence-electron chi connectivity index (χ3n) is 10.0. The number of nitrogens with zero attached hydrogens (tertiary/aromatic N) is 4. The molecule has 0 saturated carbocycles. The first kappa shape index (κ1) is 47.0. The molecule has 3 aromatic rings. The smallest absolute Gasteiger partial charge is 0.328 e. The number of unbranched alkanes of at least 4 members (excludes halogenated alkanes) is 1. The third-order valence-corrected chi connectivity index (χ3v) is 10.0. The van der Waals surface area contributed by atoms with Crippen molar-refractivity contribution in [1.82, 2.24) is 31.2 Å². The monoisotopic (exact) mass is 850 g/mol. The Kier molecular flexibility index (Phi) is 17.4. The number of aromatic nitrogens is 1. The van der Waals surface area contributed by atoms with Crippen molar-refractivity contribution in [1.29, 1.82) is 0 Å². The molecule has 13 N–H and O–H groups in total. The number of guanidine groups is 1. The van der Waals surface area contributed by atoms with Crippen molar-refractivity contribution < 1.29 is 43.9 Å². The van der Waals surface area contributed by atoms with Crippen LogP contribution in [0.3, 0.4) is 0 Å². The minimum absolute atomic E-state index is 0.0209. The fraction of sp³-hybridized carbons (Fsp3) is 0.487. The maximum absolute atomic E-state index is 14.2. The number of carboxylic acid groups (broad SMARTS) is 1. The molecule has 2 aromatic carbocycles. The number of aliphatic imine (C=N–C) groups is 1. The number of hydrogen-bond donors (Lipinski definition) is 10. The van der Waals surface area contributed by atoms with Crippen LogP contribution in [0.1, 0.15) is 58.3 Å². The van der Waals surface area contributed by atoms with Crippen molar-refractivity contribution in [2.75, 3.05) is 38.0 Å². The topological polar surface area (TPSA) is 353 Å². The first-order valence-electron chi connectivity index (χ1n) is 19.9. The molecule has 5 atom stereocenters. The Bertz CT molecular complexity index is 2110. The van der Waals surface area contributed by atoms with E-state index in [4.69, 9.17) is 17.2 Å². The number of non-ortho nitro benzene ring substituents is 1.